The number of primary amides is 1. The van der Waals surface area contributed by atoms with Crippen molar-refractivity contribution in [3.8, 4) is 0 Å². The van der Waals surface area contributed by atoms with E-state index < -0.39 is 24.9 Å². The highest BCUT2D eigenvalue weighted by Crippen LogP contribution is 2.27. The van der Waals surface area contributed by atoms with Crippen LogP contribution in [0.2, 0.25) is 0 Å². The number of hydrogen-bond acceptors (Lipinski definition) is 4. The Morgan fingerprint density at radius 1 is 1.33 bits per heavy atom. The van der Waals surface area contributed by atoms with Gasteiger partial charge < -0.3 is 10.5 Å². The summed E-state index contributed by atoms with van der Waals surface area (Å²) in [5.41, 5.74) is 5.79. The molecular weight excluding hydrogens is 347 g/mol. The summed E-state index contributed by atoms with van der Waals surface area (Å²) >= 11 is 0. The van der Waals surface area contributed by atoms with E-state index in [2.05, 4.69) is 9.64 Å². The molecule has 1 saturated heterocycles. The molecule has 1 aliphatic rings. The molecule has 2 rings (SSSR count). The van der Waals surface area contributed by atoms with Crippen molar-refractivity contribution in [1.29, 1.82) is 0 Å². The average molecular weight is 368 g/mol. The Morgan fingerprint density at radius 3 is 2.50 bits per heavy atom. The number of halogens is 4. The van der Waals surface area contributed by atoms with Crippen LogP contribution >= 0.6 is 12.4 Å². The van der Waals surface area contributed by atoms with Crippen molar-refractivity contribution in [2.24, 2.45) is 5.73 Å². The molecular formula is C15H21ClF3N3O2. The van der Waals surface area contributed by atoms with Crippen LogP contribution in [0.15, 0.2) is 30.3 Å². The SMILES string of the molecule is CN1CCN(C[C@H](OC(N)=O)C(F)(F)F)CC1c1ccccc1.Cl. The number of likely N-dealkylation sites (N-methyl/N-ethyl adjacent to an activating group) is 1. The van der Waals surface area contributed by atoms with E-state index >= 15 is 0 Å². The number of benzene rings is 1. The van der Waals surface area contributed by atoms with Crippen LogP contribution in [-0.2, 0) is 4.74 Å². The Kier molecular flexibility index (Phi) is 7.31. The molecule has 2 N–H and O–H groups in total. The third-order valence-corrected chi connectivity index (χ3v) is 3.96. The second-order valence-electron chi connectivity index (χ2n) is 5.63. The van der Waals surface area contributed by atoms with Crippen LogP contribution in [-0.4, -0.2) is 61.4 Å². The van der Waals surface area contributed by atoms with Gasteiger partial charge in [0.1, 0.15) is 0 Å². The normalized spacial score (nSPS) is 20.9. The molecule has 9 heteroatoms. The lowest BCUT2D eigenvalue weighted by atomic mass is 10.0. The third-order valence-electron chi connectivity index (χ3n) is 3.96. The number of hydrogen-bond donors (Lipinski definition) is 1. The number of ether oxygens (including phenoxy) is 1. The van der Waals surface area contributed by atoms with Crippen molar-refractivity contribution in [2.45, 2.75) is 18.3 Å². The van der Waals surface area contributed by atoms with Gasteiger partial charge in [0.25, 0.3) is 0 Å². The molecule has 1 aliphatic heterocycles. The molecule has 0 spiro atoms. The van der Waals surface area contributed by atoms with Gasteiger partial charge >= 0.3 is 12.3 Å². The molecule has 0 saturated carbocycles. The first-order chi connectivity index (χ1) is 10.8. The van der Waals surface area contributed by atoms with Gasteiger partial charge in [-0.3, -0.25) is 9.80 Å². The van der Waals surface area contributed by atoms with Crippen LogP contribution < -0.4 is 5.73 Å². The van der Waals surface area contributed by atoms with E-state index in [1.165, 1.54) is 0 Å². The van der Waals surface area contributed by atoms with Crippen LogP contribution in [0.1, 0.15) is 11.6 Å². The van der Waals surface area contributed by atoms with Gasteiger partial charge in [-0.25, -0.2) is 4.79 Å². The Bertz CT molecular complexity index is 530. The predicted molar refractivity (Wildman–Crippen MR) is 86.0 cm³/mol. The average Bonchev–Trinajstić information content (AvgIpc) is 2.48. The standard InChI is InChI=1S/C15H20F3N3O2.ClH/c1-20-7-8-21(9-12(20)11-5-3-2-4-6-11)10-13(15(16,17)18)23-14(19)22;/h2-6,12-13H,7-10H2,1H3,(H2,19,22);1H/t12?,13-;/m0./s1. The maximum Gasteiger partial charge on any atom is 0.426 e. The molecule has 1 amide bonds. The molecule has 1 unspecified atom stereocenters. The topological polar surface area (TPSA) is 58.8 Å². The minimum Gasteiger partial charge on any atom is -0.435 e. The van der Waals surface area contributed by atoms with Gasteiger partial charge in [-0.2, -0.15) is 13.2 Å². The van der Waals surface area contributed by atoms with Crippen LogP contribution in [0.25, 0.3) is 0 Å². The number of nitrogens with zero attached hydrogens (tertiary/aromatic N) is 2. The number of carbonyl (C=O) groups is 1. The number of piperazine rings is 1. The summed E-state index contributed by atoms with van der Waals surface area (Å²) < 4.78 is 43.1. The van der Waals surface area contributed by atoms with E-state index in [0.29, 0.717) is 19.6 Å². The van der Waals surface area contributed by atoms with Crippen LogP contribution in [0.5, 0.6) is 0 Å². The predicted octanol–water partition coefficient (Wildman–Crippen LogP) is 2.42. The summed E-state index contributed by atoms with van der Waals surface area (Å²) in [5.74, 6) is 0. The van der Waals surface area contributed by atoms with Gasteiger partial charge in [-0.15, -0.1) is 12.4 Å². The van der Waals surface area contributed by atoms with Crippen molar-refractivity contribution in [2.75, 3.05) is 33.2 Å². The largest absolute Gasteiger partial charge is 0.435 e. The van der Waals surface area contributed by atoms with Crippen LogP contribution in [0.4, 0.5) is 18.0 Å². The Labute approximate surface area is 144 Å². The fourth-order valence-electron chi connectivity index (χ4n) is 2.71. The highest BCUT2D eigenvalue weighted by atomic mass is 35.5. The third kappa shape index (κ3) is 5.54. The smallest absolute Gasteiger partial charge is 0.426 e. The Morgan fingerprint density at radius 2 is 1.96 bits per heavy atom. The maximum atomic E-state index is 13.0. The summed E-state index contributed by atoms with van der Waals surface area (Å²) in [6.45, 7) is 1.11. The Hall–Kier alpha value is -1.51. The van der Waals surface area contributed by atoms with E-state index in [0.717, 1.165) is 5.56 Å². The molecule has 0 aromatic heterocycles. The van der Waals surface area contributed by atoms with Crippen LogP contribution in [0.3, 0.4) is 0 Å². The molecule has 5 nitrogen and oxygen atoms in total. The van der Waals surface area contributed by atoms with Gasteiger partial charge in [-0.1, -0.05) is 30.3 Å². The van der Waals surface area contributed by atoms with Gasteiger partial charge in [0, 0.05) is 32.2 Å². The fourth-order valence-corrected chi connectivity index (χ4v) is 2.71. The first-order valence-corrected chi connectivity index (χ1v) is 7.27. The van der Waals surface area contributed by atoms with Crippen molar-refractivity contribution in [3.63, 3.8) is 0 Å². The van der Waals surface area contributed by atoms with Crippen molar-refractivity contribution < 1.29 is 22.7 Å². The number of alkyl halides is 3. The van der Waals surface area contributed by atoms with Crippen molar-refractivity contribution >= 4 is 18.5 Å². The zero-order valence-corrected chi connectivity index (χ0v) is 14.0. The van der Waals surface area contributed by atoms with E-state index in [-0.39, 0.29) is 18.4 Å². The maximum absolute atomic E-state index is 13.0. The lowest BCUT2D eigenvalue weighted by Crippen LogP contribution is -2.52. The highest BCUT2D eigenvalue weighted by Gasteiger charge is 2.44. The van der Waals surface area contributed by atoms with Gasteiger partial charge in [0.05, 0.1) is 0 Å². The molecule has 1 heterocycles. The fraction of sp³-hybridized carbons (Fsp3) is 0.533. The lowest BCUT2D eigenvalue weighted by molar-refractivity contribution is -0.208. The molecule has 136 valence electrons. The van der Waals surface area contributed by atoms with Crippen molar-refractivity contribution in [1.82, 2.24) is 9.80 Å². The number of nitrogens with two attached hydrogens (primary N) is 1. The quantitative estimate of drug-likeness (QED) is 0.888. The zero-order valence-electron chi connectivity index (χ0n) is 13.2. The molecule has 1 aromatic carbocycles. The summed E-state index contributed by atoms with van der Waals surface area (Å²) in [6, 6.07) is 9.59. The second-order valence-corrected chi connectivity index (χ2v) is 5.63. The number of rotatable bonds is 4. The number of amides is 1. The Balaban J connectivity index is 0.00000288. The molecule has 2 atom stereocenters. The van der Waals surface area contributed by atoms with Gasteiger partial charge in [0.2, 0.25) is 6.10 Å². The molecule has 1 fully saturated rings. The molecule has 0 bridgehead atoms. The molecule has 0 radical (unpaired) electrons. The van der Waals surface area contributed by atoms with E-state index in [1.807, 2.05) is 37.4 Å². The second kappa shape index (κ2) is 8.55. The zero-order chi connectivity index (χ0) is 17.0. The van der Waals surface area contributed by atoms with E-state index in [9.17, 15) is 18.0 Å². The summed E-state index contributed by atoms with van der Waals surface area (Å²) in [7, 11) is 1.94. The summed E-state index contributed by atoms with van der Waals surface area (Å²) in [5, 5.41) is 0. The van der Waals surface area contributed by atoms with E-state index in [4.69, 9.17) is 5.73 Å². The molecule has 1 aromatic rings. The molecule has 0 aliphatic carbocycles. The molecule has 24 heavy (non-hydrogen) atoms. The van der Waals surface area contributed by atoms with Crippen LogP contribution in [0, 0.1) is 0 Å². The summed E-state index contributed by atoms with van der Waals surface area (Å²) in [4.78, 5) is 14.5. The highest BCUT2D eigenvalue weighted by molar-refractivity contribution is 5.85. The summed E-state index contributed by atoms with van der Waals surface area (Å²) in [6.07, 6.45) is -8.26. The van der Waals surface area contributed by atoms with Gasteiger partial charge in [0.15, 0.2) is 0 Å². The van der Waals surface area contributed by atoms with Gasteiger partial charge in [-0.05, 0) is 12.6 Å². The lowest BCUT2D eigenvalue weighted by Gasteiger charge is -2.40. The minimum absolute atomic E-state index is 0. The minimum atomic E-state index is -4.64. The van der Waals surface area contributed by atoms with E-state index in [1.54, 1.807) is 4.90 Å². The number of carbonyl (C=O) groups excluding carboxylic acids is 1. The first-order valence-electron chi connectivity index (χ1n) is 7.27. The van der Waals surface area contributed by atoms with Crippen molar-refractivity contribution in [3.05, 3.63) is 35.9 Å². The first kappa shape index (κ1) is 20.5. The monoisotopic (exact) mass is 367 g/mol.